The molecule has 126 valence electrons. The van der Waals surface area contributed by atoms with E-state index in [1.54, 1.807) is 5.01 Å². The summed E-state index contributed by atoms with van der Waals surface area (Å²) in [6, 6.07) is 10.3. The minimum absolute atomic E-state index is 0. The molecule has 1 aromatic carbocycles. The average molecular weight is 348 g/mol. The molecule has 1 atom stereocenters. The van der Waals surface area contributed by atoms with Crippen LogP contribution in [0.4, 0.5) is 0 Å². The van der Waals surface area contributed by atoms with Crippen molar-refractivity contribution in [2.24, 2.45) is 5.41 Å². The quantitative estimate of drug-likeness (QED) is 0.849. The molecule has 0 aromatic heterocycles. The van der Waals surface area contributed by atoms with Gasteiger partial charge in [0.25, 0.3) is 0 Å². The Balaban J connectivity index is 0.00000220. The molecule has 1 amide bonds. The zero-order valence-corrected chi connectivity index (χ0v) is 15.2. The molecular formula is C16H27Cl2N3O. The van der Waals surface area contributed by atoms with Crippen molar-refractivity contribution in [2.45, 2.75) is 19.3 Å². The Hall–Kier alpha value is -0.810. The highest BCUT2D eigenvalue weighted by atomic mass is 35.5. The predicted molar refractivity (Wildman–Crippen MR) is 95.6 cm³/mol. The lowest BCUT2D eigenvalue weighted by molar-refractivity contribution is -0.154. The Bertz CT molecular complexity index is 448. The van der Waals surface area contributed by atoms with E-state index >= 15 is 0 Å². The van der Waals surface area contributed by atoms with Gasteiger partial charge >= 0.3 is 0 Å². The molecule has 6 heteroatoms. The summed E-state index contributed by atoms with van der Waals surface area (Å²) in [6.07, 6.45) is 2.81. The molecule has 2 rings (SSSR count). The molecule has 1 fully saturated rings. The Labute approximate surface area is 146 Å². The second kappa shape index (κ2) is 9.36. The smallest absolute Gasteiger partial charge is 0.244 e. The maximum absolute atomic E-state index is 12.9. The summed E-state index contributed by atoms with van der Waals surface area (Å²) in [4.78, 5) is 12.9. The van der Waals surface area contributed by atoms with Gasteiger partial charge in [-0.05, 0) is 31.4 Å². The minimum Gasteiger partial charge on any atom is -0.316 e. The van der Waals surface area contributed by atoms with Crippen LogP contribution in [0.2, 0.25) is 0 Å². The van der Waals surface area contributed by atoms with Gasteiger partial charge in [0.1, 0.15) is 0 Å². The van der Waals surface area contributed by atoms with Crippen molar-refractivity contribution in [3.8, 4) is 0 Å². The number of halogens is 2. The van der Waals surface area contributed by atoms with Crippen LogP contribution in [0.15, 0.2) is 30.3 Å². The van der Waals surface area contributed by atoms with Crippen LogP contribution in [0, 0.1) is 5.41 Å². The number of piperidine rings is 1. The molecular weight excluding hydrogens is 321 g/mol. The van der Waals surface area contributed by atoms with Crippen LogP contribution in [0.3, 0.4) is 0 Å². The Morgan fingerprint density at radius 3 is 2.32 bits per heavy atom. The fraction of sp³-hybridized carbons (Fsp3) is 0.562. The fourth-order valence-electron chi connectivity index (χ4n) is 2.89. The van der Waals surface area contributed by atoms with Crippen molar-refractivity contribution in [3.63, 3.8) is 0 Å². The number of benzene rings is 1. The number of rotatable bonds is 4. The molecule has 0 aliphatic carbocycles. The summed E-state index contributed by atoms with van der Waals surface area (Å²) >= 11 is 0. The Kier molecular flexibility index (Phi) is 9.01. The average Bonchev–Trinajstić information content (AvgIpc) is 2.47. The second-order valence-corrected chi connectivity index (χ2v) is 5.90. The van der Waals surface area contributed by atoms with Crippen molar-refractivity contribution in [2.75, 3.05) is 34.2 Å². The first-order chi connectivity index (χ1) is 9.55. The van der Waals surface area contributed by atoms with Gasteiger partial charge in [-0.2, -0.15) is 0 Å². The van der Waals surface area contributed by atoms with Crippen molar-refractivity contribution in [3.05, 3.63) is 35.9 Å². The summed E-state index contributed by atoms with van der Waals surface area (Å²) in [5.41, 5.74) is 0.912. The molecule has 4 nitrogen and oxygen atoms in total. The molecule has 1 aliphatic heterocycles. The Morgan fingerprint density at radius 2 is 1.82 bits per heavy atom. The number of carbonyl (C=O) groups is 1. The van der Waals surface area contributed by atoms with Gasteiger partial charge in [0.05, 0.1) is 5.41 Å². The molecule has 1 heterocycles. The Morgan fingerprint density at radius 1 is 1.18 bits per heavy atom. The van der Waals surface area contributed by atoms with Crippen molar-refractivity contribution in [1.82, 2.24) is 15.3 Å². The normalized spacial score (nSPS) is 20.7. The molecule has 0 bridgehead atoms. The lowest BCUT2D eigenvalue weighted by atomic mass is 9.74. The first-order valence-corrected chi connectivity index (χ1v) is 7.25. The van der Waals surface area contributed by atoms with E-state index in [4.69, 9.17) is 0 Å². The van der Waals surface area contributed by atoms with E-state index in [1.807, 2.05) is 44.4 Å². The van der Waals surface area contributed by atoms with E-state index in [0.29, 0.717) is 0 Å². The molecule has 1 aliphatic rings. The first kappa shape index (κ1) is 21.2. The number of hydrogen-bond donors (Lipinski definition) is 1. The van der Waals surface area contributed by atoms with Gasteiger partial charge in [-0.3, -0.25) is 9.80 Å². The third-order valence-corrected chi connectivity index (χ3v) is 4.21. The van der Waals surface area contributed by atoms with Crippen LogP contribution in [0.5, 0.6) is 0 Å². The largest absolute Gasteiger partial charge is 0.316 e. The van der Waals surface area contributed by atoms with Gasteiger partial charge in [0, 0.05) is 27.7 Å². The zero-order chi connectivity index (χ0) is 14.6. The topological polar surface area (TPSA) is 35.6 Å². The summed E-state index contributed by atoms with van der Waals surface area (Å²) in [7, 11) is 5.67. The highest BCUT2D eigenvalue weighted by molar-refractivity contribution is 5.85. The fourth-order valence-corrected chi connectivity index (χ4v) is 2.89. The van der Waals surface area contributed by atoms with Crippen molar-refractivity contribution < 1.29 is 4.79 Å². The number of nitrogens with one attached hydrogen (secondary N) is 1. The monoisotopic (exact) mass is 347 g/mol. The molecule has 1 unspecified atom stereocenters. The van der Waals surface area contributed by atoms with E-state index in [9.17, 15) is 4.79 Å². The number of carbonyl (C=O) groups excluding carboxylic acids is 1. The standard InChI is InChI=1S/C16H25N3O.2ClH/c1-18(2)19(3)15(20)16(10-7-11-17-13-16)12-14-8-5-4-6-9-14;;/h4-6,8-9,17H,7,10-13H2,1-3H3;2*1H. The van der Waals surface area contributed by atoms with Gasteiger partial charge in [-0.15, -0.1) is 24.8 Å². The van der Waals surface area contributed by atoms with Gasteiger partial charge in [-0.1, -0.05) is 30.3 Å². The van der Waals surface area contributed by atoms with Crippen molar-refractivity contribution in [1.29, 1.82) is 0 Å². The molecule has 1 N–H and O–H groups in total. The maximum atomic E-state index is 12.9. The van der Waals surface area contributed by atoms with Gasteiger partial charge in [0.15, 0.2) is 0 Å². The lowest BCUT2D eigenvalue weighted by Gasteiger charge is -2.40. The lowest BCUT2D eigenvalue weighted by Crippen LogP contribution is -2.55. The molecule has 0 radical (unpaired) electrons. The van der Waals surface area contributed by atoms with Crippen LogP contribution in [0.25, 0.3) is 0 Å². The number of hydrazine groups is 1. The molecule has 1 saturated heterocycles. The van der Waals surface area contributed by atoms with E-state index in [0.717, 1.165) is 32.4 Å². The van der Waals surface area contributed by atoms with E-state index in [2.05, 4.69) is 17.4 Å². The first-order valence-electron chi connectivity index (χ1n) is 7.25. The minimum atomic E-state index is -0.321. The highest BCUT2D eigenvalue weighted by Gasteiger charge is 2.41. The van der Waals surface area contributed by atoms with Gasteiger partial charge in [-0.25, -0.2) is 5.01 Å². The molecule has 22 heavy (non-hydrogen) atoms. The second-order valence-electron chi connectivity index (χ2n) is 5.90. The molecule has 0 spiro atoms. The van der Waals surface area contributed by atoms with E-state index in [-0.39, 0.29) is 36.1 Å². The summed E-state index contributed by atoms with van der Waals surface area (Å²) < 4.78 is 0. The SMILES string of the molecule is CN(C)N(C)C(=O)C1(Cc2ccccc2)CCCNC1.Cl.Cl. The number of nitrogens with zero attached hydrogens (tertiary/aromatic N) is 2. The van der Waals surface area contributed by atoms with Crippen LogP contribution < -0.4 is 5.32 Å². The molecule has 0 saturated carbocycles. The predicted octanol–water partition coefficient (Wildman–Crippen LogP) is 2.38. The zero-order valence-electron chi connectivity index (χ0n) is 13.5. The van der Waals surface area contributed by atoms with Crippen LogP contribution >= 0.6 is 24.8 Å². The molecule has 1 aromatic rings. The third-order valence-electron chi connectivity index (χ3n) is 4.21. The summed E-state index contributed by atoms with van der Waals surface area (Å²) in [6.45, 7) is 1.77. The summed E-state index contributed by atoms with van der Waals surface area (Å²) in [5, 5.41) is 6.99. The van der Waals surface area contributed by atoms with Crippen LogP contribution in [0.1, 0.15) is 18.4 Å². The number of amides is 1. The maximum Gasteiger partial charge on any atom is 0.244 e. The van der Waals surface area contributed by atoms with Gasteiger partial charge < -0.3 is 5.32 Å². The number of hydrogen-bond acceptors (Lipinski definition) is 3. The third kappa shape index (κ3) is 4.85. The van der Waals surface area contributed by atoms with Crippen molar-refractivity contribution >= 4 is 30.7 Å². The van der Waals surface area contributed by atoms with E-state index < -0.39 is 0 Å². The highest BCUT2D eigenvalue weighted by Crippen LogP contribution is 2.32. The van der Waals surface area contributed by atoms with Crippen LogP contribution in [-0.4, -0.2) is 50.2 Å². The summed E-state index contributed by atoms with van der Waals surface area (Å²) in [5.74, 6) is 0.207. The van der Waals surface area contributed by atoms with Crippen LogP contribution in [-0.2, 0) is 11.2 Å². The van der Waals surface area contributed by atoms with Gasteiger partial charge in [0.2, 0.25) is 5.91 Å². The van der Waals surface area contributed by atoms with E-state index in [1.165, 1.54) is 5.56 Å².